The molecule has 28 heavy (non-hydrogen) atoms. The highest BCUT2D eigenvalue weighted by Gasteiger charge is 2.17. The second-order valence-corrected chi connectivity index (χ2v) is 8.07. The number of benzene rings is 1. The van der Waals surface area contributed by atoms with Crippen molar-refractivity contribution in [2.75, 3.05) is 11.9 Å². The third-order valence-corrected chi connectivity index (χ3v) is 4.48. The molecule has 0 bridgehead atoms. The number of thiophene rings is 1. The Labute approximate surface area is 168 Å². The van der Waals surface area contributed by atoms with Gasteiger partial charge in [-0.05, 0) is 57.3 Å². The van der Waals surface area contributed by atoms with Gasteiger partial charge in [0.05, 0.1) is 11.6 Å². The molecular formula is C20H24N2O5S. The zero-order valence-corrected chi connectivity index (χ0v) is 17.1. The van der Waals surface area contributed by atoms with Gasteiger partial charge in [-0.25, -0.2) is 9.59 Å². The summed E-state index contributed by atoms with van der Waals surface area (Å²) in [7, 11) is 0. The van der Waals surface area contributed by atoms with Gasteiger partial charge in [-0.2, -0.15) is 0 Å². The van der Waals surface area contributed by atoms with Crippen LogP contribution in [0.2, 0.25) is 0 Å². The minimum Gasteiger partial charge on any atom is -0.452 e. The van der Waals surface area contributed by atoms with E-state index in [4.69, 9.17) is 9.47 Å². The van der Waals surface area contributed by atoms with Crippen molar-refractivity contribution < 1.29 is 23.9 Å². The van der Waals surface area contributed by atoms with E-state index >= 15 is 0 Å². The van der Waals surface area contributed by atoms with Crippen molar-refractivity contribution in [3.05, 3.63) is 52.2 Å². The van der Waals surface area contributed by atoms with Crippen LogP contribution >= 0.6 is 11.3 Å². The molecule has 0 fully saturated rings. The van der Waals surface area contributed by atoms with Gasteiger partial charge in [-0.1, -0.05) is 12.1 Å². The molecule has 0 spiro atoms. The lowest BCUT2D eigenvalue weighted by Gasteiger charge is -2.19. The number of carbonyl (C=O) groups excluding carboxylic acids is 3. The molecule has 2 N–H and O–H groups in total. The van der Waals surface area contributed by atoms with E-state index in [-0.39, 0.29) is 11.6 Å². The first-order chi connectivity index (χ1) is 13.1. The molecule has 150 valence electrons. The fourth-order valence-corrected chi connectivity index (χ4v) is 2.99. The van der Waals surface area contributed by atoms with Gasteiger partial charge in [0.25, 0.3) is 5.91 Å². The molecular weight excluding hydrogens is 380 g/mol. The van der Waals surface area contributed by atoms with Gasteiger partial charge in [-0.15, -0.1) is 11.3 Å². The summed E-state index contributed by atoms with van der Waals surface area (Å²) >= 11 is 1.54. The van der Waals surface area contributed by atoms with Crippen LogP contribution in [0, 0.1) is 0 Å². The number of esters is 1. The lowest BCUT2D eigenvalue weighted by molar-refractivity contribution is -0.124. The topological polar surface area (TPSA) is 93.7 Å². The van der Waals surface area contributed by atoms with E-state index in [1.165, 1.54) is 23.5 Å². The average molecular weight is 404 g/mol. The van der Waals surface area contributed by atoms with Crippen LogP contribution in [0.15, 0.2) is 41.8 Å². The average Bonchev–Trinajstić information content (AvgIpc) is 3.13. The minimum absolute atomic E-state index is 0.160. The number of nitrogens with one attached hydrogen (secondary N) is 2. The van der Waals surface area contributed by atoms with Gasteiger partial charge in [0.2, 0.25) is 0 Å². The Bertz CT molecular complexity index is 827. The molecule has 0 saturated carbocycles. The molecule has 1 aromatic carbocycles. The summed E-state index contributed by atoms with van der Waals surface area (Å²) in [5, 5.41) is 7.25. The molecule has 0 radical (unpaired) electrons. The quantitative estimate of drug-likeness (QED) is 0.706. The van der Waals surface area contributed by atoms with Crippen LogP contribution in [0.1, 0.15) is 49.0 Å². The molecule has 0 aliphatic heterocycles. The molecule has 2 amide bonds. The minimum atomic E-state index is -0.660. The molecule has 0 aliphatic rings. The second-order valence-electron chi connectivity index (χ2n) is 7.09. The summed E-state index contributed by atoms with van der Waals surface area (Å²) in [6.07, 6.45) is -0.625. The smallest absolute Gasteiger partial charge is 0.412 e. The van der Waals surface area contributed by atoms with E-state index in [0.29, 0.717) is 5.69 Å². The van der Waals surface area contributed by atoms with Gasteiger partial charge in [-0.3, -0.25) is 10.1 Å². The van der Waals surface area contributed by atoms with E-state index in [9.17, 15) is 14.4 Å². The van der Waals surface area contributed by atoms with Gasteiger partial charge >= 0.3 is 12.1 Å². The van der Waals surface area contributed by atoms with E-state index in [1.54, 1.807) is 32.9 Å². The summed E-state index contributed by atoms with van der Waals surface area (Å²) in [4.78, 5) is 37.0. The largest absolute Gasteiger partial charge is 0.452 e. The van der Waals surface area contributed by atoms with Crippen molar-refractivity contribution in [1.82, 2.24) is 5.32 Å². The second kappa shape index (κ2) is 9.36. The molecule has 0 unspecified atom stereocenters. The Kier molecular flexibility index (Phi) is 7.17. The number of hydrogen-bond acceptors (Lipinski definition) is 6. The van der Waals surface area contributed by atoms with E-state index in [0.717, 1.165) is 4.88 Å². The van der Waals surface area contributed by atoms with E-state index < -0.39 is 30.2 Å². The maximum atomic E-state index is 12.2. The molecule has 1 atom stereocenters. The van der Waals surface area contributed by atoms with Crippen molar-refractivity contribution >= 4 is 35.0 Å². The number of carbonyl (C=O) groups is 3. The number of hydrogen-bond donors (Lipinski definition) is 2. The van der Waals surface area contributed by atoms with Gasteiger partial charge in [0.1, 0.15) is 5.60 Å². The van der Waals surface area contributed by atoms with Gasteiger partial charge in [0, 0.05) is 10.6 Å². The third-order valence-electron chi connectivity index (χ3n) is 3.43. The Hall–Kier alpha value is -2.87. The normalized spacial score (nSPS) is 12.0. The highest BCUT2D eigenvalue weighted by atomic mass is 32.1. The Balaban J connectivity index is 1.86. The van der Waals surface area contributed by atoms with Crippen molar-refractivity contribution in [2.24, 2.45) is 0 Å². The highest BCUT2D eigenvalue weighted by molar-refractivity contribution is 7.10. The van der Waals surface area contributed by atoms with E-state index in [2.05, 4.69) is 10.6 Å². The molecule has 2 rings (SSSR count). The van der Waals surface area contributed by atoms with Crippen LogP contribution in [0.5, 0.6) is 0 Å². The number of ether oxygens (including phenoxy) is 2. The molecule has 0 aliphatic carbocycles. The van der Waals surface area contributed by atoms with Crippen molar-refractivity contribution in [2.45, 2.75) is 39.3 Å². The monoisotopic (exact) mass is 404 g/mol. The number of anilines is 1. The molecule has 1 heterocycles. The van der Waals surface area contributed by atoms with Crippen LogP contribution in [-0.2, 0) is 14.3 Å². The summed E-state index contributed by atoms with van der Waals surface area (Å²) in [5.74, 6) is -1.05. The van der Waals surface area contributed by atoms with Crippen LogP contribution in [0.3, 0.4) is 0 Å². The fourth-order valence-electron chi connectivity index (χ4n) is 2.25. The lowest BCUT2D eigenvalue weighted by Crippen LogP contribution is -2.30. The van der Waals surface area contributed by atoms with Crippen LogP contribution in [0.25, 0.3) is 0 Å². The maximum Gasteiger partial charge on any atom is 0.412 e. The van der Waals surface area contributed by atoms with Crippen molar-refractivity contribution in [1.29, 1.82) is 0 Å². The molecule has 7 nitrogen and oxygen atoms in total. The predicted molar refractivity (Wildman–Crippen MR) is 107 cm³/mol. The van der Waals surface area contributed by atoms with Crippen molar-refractivity contribution in [3.8, 4) is 0 Å². The summed E-state index contributed by atoms with van der Waals surface area (Å²) < 4.78 is 10.2. The Morgan fingerprint density at radius 3 is 2.54 bits per heavy atom. The first-order valence-electron chi connectivity index (χ1n) is 8.74. The number of amides is 2. The fraction of sp³-hybridized carbons (Fsp3) is 0.350. The molecule has 1 aromatic heterocycles. The van der Waals surface area contributed by atoms with Crippen molar-refractivity contribution in [3.63, 3.8) is 0 Å². The summed E-state index contributed by atoms with van der Waals surface area (Å²) in [5.41, 5.74) is -0.0269. The number of rotatable bonds is 6. The summed E-state index contributed by atoms with van der Waals surface area (Å²) in [6, 6.07) is 9.88. The molecule has 8 heteroatoms. The zero-order chi connectivity index (χ0) is 20.7. The lowest BCUT2D eigenvalue weighted by atomic mass is 10.2. The SMILES string of the molecule is C[C@H](NC(=O)COC(=O)c1cccc(NC(=O)OC(C)(C)C)c1)c1cccs1. The first kappa shape index (κ1) is 21.4. The van der Waals surface area contributed by atoms with Gasteiger partial charge in [0.15, 0.2) is 6.61 Å². The molecule has 0 saturated heterocycles. The van der Waals surface area contributed by atoms with Crippen LogP contribution in [0.4, 0.5) is 10.5 Å². The van der Waals surface area contributed by atoms with Crippen LogP contribution in [-0.4, -0.2) is 30.2 Å². The summed E-state index contributed by atoms with van der Waals surface area (Å²) in [6.45, 7) is 6.73. The van der Waals surface area contributed by atoms with Crippen LogP contribution < -0.4 is 10.6 Å². The Morgan fingerprint density at radius 2 is 1.89 bits per heavy atom. The Morgan fingerprint density at radius 1 is 1.14 bits per heavy atom. The standard InChI is InChI=1S/C20H24N2O5S/c1-13(16-9-6-10-28-16)21-17(23)12-26-18(24)14-7-5-8-15(11-14)22-19(25)27-20(2,3)4/h5-11,13H,12H2,1-4H3,(H,21,23)(H,22,25)/t13-/m0/s1. The van der Waals surface area contributed by atoms with E-state index in [1.807, 2.05) is 24.4 Å². The zero-order valence-electron chi connectivity index (χ0n) is 16.3. The first-order valence-corrected chi connectivity index (χ1v) is 9.62. The predicted octanol–water partition coefficient (Wildman–Crippen LogP) is 4.13. The van der Waals surface area contributed by atoms with Gasteiger partial charge < -0.3 is 14.8 Å². The molecule has 2 aromatic rings. The third kappa shape index (κ3) is 7.03. The highest BCUT2D eigenvalue weighted by Crippen LogP contribution is 2.18. The maximum absolute atomic E-state index is 12.2.